The zero-order valence-corrected chi connectivity index (χ0v) is 16.2. The Bertz CT molecular complexity index is 920. The Balaban J connectivity index is 2.13. The first-order chi connectivity index (χ1) is 11.1. The fourth-order valence-electron chi connectivity index (χ4n) is 2.43. The molecular formula is C17H17BrN2OS2. The number of aryl methyl sites for hydroxylation is 2. The van der Waals surface area contributed by atoms with Gasteiger partial charge in [0.1, 0.15) is 0 Å². The van der Waals surface area contributed by atoms with Crippen LogP contribution in [0.2, 0.25) is 0 Å². The number of thiophene rings is 1. The van der Waals surface area contributed by atoms with Gasteiger partial charge in [0.05, 0.1) is 18.9 Å². The van der Waals surface area contributed by atoms with Crippen LogP contribution >= 0.6 is 38.6 Å². The second-order valence-electron chi connectivity index (χ2n) is 5.21. The number of hydrogen-bond donors (Lipinski definition) is 0. The Morgan fingerprint density at radius 2 is 2.04 bits per heavy atom. The number of halogens is 1. The summed E-state index contributed by atoms with van der Waals surface area (Å²) >= 11 is 6.40. The minimum absolute atomic E-state index is 0.173. The van der Waals surface area contributed by atoms with E-state index in [2.05, 4.69) is 57.5 Å². The van der Waals surface area contributed by atoms with Crippen LogP contribution in [0.4, 0.5) is 0 Å². The SMILES string of the molecule is CCCn1c(=NC(=O)c2ccc(Br)s2)sc2cc(CC)ccc21. The molecule has 0 saturated heterocycles. The third kappa shape index (κ3) is 3.49. The molecular weight excluding hydrogens is 392 g/mol. The Kier molecular flexibility index (Phi) is 5.14. The first-order valence-electron chi connectivity index (χ1n) is 7.59. The molecule has 3 rings (SSSR count). The summed E-state index contributed by atoms with van der Waals surface area (Å²) in [5.74, 6) is -0.173. The van der Waals surface area contributed by atoms with E-state index in [1.165, 1.54) is 21.6 Å². The summed E-state index contributed by atoms with van der Waals surface area (Å²) in [7, 11) is 0. The van der Waals surface area contributed by atoms with Gasteiger partial charge in [0.15, 0.2) is 4.80 Å². The van der Waals surface area contributed by atoms with E-state index in [0.717, 1.165) is 33.5 Å². The maximum atomic E-state index is 12.4. The van der Waals surface area contributed by atoms with Crippen LogP contribution in [0.15, 0.2) is 39.1 Å². The zero-order chi connectivity index (χ0) is 16.4. The van der Waals surface area contributed by atoms with Crippen molar-refractivity contribution < 1.29 is 4.79 Å². The molecule has 0 aliphatic rings. The lowest BCUT2D eigenvalue weighted by Gasteiger charge is -2.03. The average Bonchev–Trinajstić information content (AvgIpc) is 3.11. The summed E-state index contributed by atoms with van der Waals surface area (Å²) in [5, 5.41) is 0. The van der Waals surface area contributed by atoms with Crippen molar-refractivity contribution in [2.45, 2.75) is 33.2 Å². The van der Waals surface area contributed by atoms with Crippen LogP contribution in [0.1, 0.15) is 35.5 Å². The van der Waals surface area contributed by atoms with Gasteiger partial charge in [0, 0.05) is 6.54 Å². The number of carbonyl (C=O) groups excluding carboxylic acids is 1. The molecule has 3 aromatic rings. The Labute approximate surface area is 151 Å². The van der Waals surface area contributed by atoms with Crippen molar-refractivity contribution in [1.82, 2.24) is 4.57 Å². The van der Waals surface area contributed by atoms with Crippen molar-refractivity contribution in [3.63, 3.8) is 0 Å². The summed E-state index contributed by atoms with van der Waals surface area (Å²) in [6.45, 7) is 5.16. The summed E-state index contributed by atoms with van der Waals surface area (Å²) < 4.78 is 4.29. The maximum Gasteiger partial charge on any atom is 0.289 e. The van der Waals surface area contributed by atoms with E-state index in [1.54, 1.807) is 11.3 Å². The molecule has 23 heavy (non-hydrogen) atoms. The van der Waals surface area contributed by atoms with Crippen LogP contribution in [-0.2, 0) is 13.0 Å². The first-order valence-corrected chi connectivity index (χ1v) is 10.0. The Morgan fingerprint density at radius 1 is 1.22 bits per heavy atom. The van der Waals surface area contributed by atoms with Crippen molar-refractivity contribution in [1.29, 1.82) is 0 Å². The number of nitrogens with zero attached hydrogens (tertiary/aromatic N) is 2. The smallest absolute Gasteiger partial charge is 0.289 e. The van der Waals surface area contributed by atoms with Crippen molar-refractivity contribution in [2.75, 3.05) is 0 Å². The lowest BCUT2D eigenvalue weighted by atomic mass is 10.2. The molecule has 1 amide bonds. The molecule has 0 spiro atoms. The van der Waals surface area contributed by atoms with Gasteiger partial charge in [-0.2, -0.15) is 4.99 Å². The standard InChI is InChI=1S/C17H17BrN2OS2/c1-3-9-20-12-6-5-11(4-2)10-14(12)23-17(20)19-16(21)13-7-8-15(18)22-13/h5-8,10H,3-4,9H2,1-2H3. The van der Waals surface area contributed by atoms with Gasteiger partial charge in [-0.05, 0) is 58.6 Å². The summed E-state index contributed by atoms with van der Waals surface area (Å²) in [5.41, 5.74) is 2.47. The number of aromatic nitrogens is 1. The fraction of sp³-hybridized carbons (Fsp3) is 0.294. The molecule has 2 aromatic heterocycles. The van der Waals surface area contributed by atoms with Gasteiger partial charge >= 0.3 is 0 Å². The molecule has 0 aliphatic carbocycles. The van der Waals surface area contributed by atoms with Crippen LogP contribution in [-0.4, -0.2) is 10.5 Å². The molecule has 0 bridgehead atoms. The largest absolute Gasteiger partial charge is 0.316 e. The van der Waals surface area contributed by atoms with Crippen LogP contribution in [0.5, 0.6) is 0 Å². The number of amides is 1. The lowest BCUT2D eigenvalue weighted by molar-refractivity contribution is 0.100. The highest BCUT2D eigenvalue weighted by atomic mass is 79.9. The highest BCUT2D eigenvalue weighted by molar-refractivity contribution is 9.11. The molecule has 0 fully saturated rings. The van der Waals surface area contributed by atoms with Gasteiger partial charge in [0.2, 0.25) is 0 Å². The molecule has 1 aromatic carbocycles. The summed E-state index contributed by atoms with van der Waals surface area (Å²) in [6.07, 6.45) is 2.02. The van der Waals surface area contributed by atoms with Gasteiger partial charge in [-0.25, -0.2) is 0 Å². The van der Waals surface area contributed by atoms with Gasteiger partial charge in [-0.1, -0.05) is 31.3 Å². The molecule has 0 atom stereocenters. The topological polar surface area (TPSA) is 34.4 Å². The third-order valence-corrected chi connectivity index (χ3v) is 6.24. The second kappa shape index (κ2) is 7.11. The lowest BCUT2D eigenvalue weighted by Crippen LogP contribution is -2.16. The van der Waals surface area contributed by atoms with E-state index in [4.69, 9.17) is 0 Å². The van der Waals surface area contributed by atoms with Gasteiger partial charge < -0.3 is 4.57 Å². The van der Waals surface area contributed by atoms with Gasteiger partial charge in [0.25, 0.3) is 5.91 Å². The van der Waals surface area contributed by atoms with Crippen molar-refractivity contribution >= 4 is 54.7 Å². The minimum atomic E-state index is -0.173. The molecule has 2 heterocycles. The molecule has 0 saturated carbocycles. The first kappa shape index (κ1) is 16.6. The van der Waals surface area contributed by atoms with Crippen LogP contribution in [0.3, 0.4) is 0 Å². The number of carbonyl (C=O) groups is 1. The molecule has 0 unspecified atom stereocenters. The second-order valence-corrected chi connectivity index (χ2v) is 8.68. The molecule has 0 N–H and O–H groups in total. The number of fused-ring (bicyclic) bond motifs is 1. The van der Waals surface area contributed by atoms with Crippen LogP contribution in [0.25, 0.3) is 10.2 Å². The Morgan fingerprint density at radius 3 is 2.70 bits per heavy atom. The zero-order valence-electron chi connectivity index (χ0n) is 13.0. The van der Waals surface area contributed by atoms with E-state index >= 15 is 0 Å². The van der Waals surface area contributed by atoms with Gasteiger partial charge in [-0.3, -0.25) is 4.79 Å². The van der Waals surface area contributed by atoms with E-state index in [9.17, 15) is 4.79 Å². The van der Waals surface area contributed by atoms with Crippen LogP contribution in [0, 0.1) is 0 Å². The Hall–Kier alpha value is -1.24. The average molecular weight is 409 g/mol. The highest BCUT2D eigenvalue weighted by Crippen LogP contribution is 2.23. The number of rotatable bonds is 4. The monoisotopic (exact) mass is 408 g/mol. The molecule has 120 valence electrons. The highest BCUT2D eigenvalue weighted by Gasteiger charge is 2.11. The number of thiazole rings is 1. The summed E-state index contributed by atoms with van der Waals surface area (Å²) in [4.78, 5) is 18.2. The summed E-state index contributed by atoms with van der Waals surface area (Å²) in [6, 6.07) is 10.2. The van der Waals surface area contributed by atoms with E-state index in [0.29, 0.717) is 4.88 Å². The normalized spacial score (nSPS) is 12.2. The quantitative estimate of drug-likeness (QED) is 0.580. The van der Waals surface area contributed by atoms with E-state index in [-0.39, 0.29) is 5.91 Å². The van der Waals surface area contributed by atoms with Crippen LogP contribution < -0.4 is 4.80 Å². The molecule has 0 aliphatic heterocycles. The molecule has 6 heteroatoms. The predicted octanol–water partition coefficient (Wildman–Crippen LogP) is 5.24. The fourth-order valence-corrected chi connectivity index (χ4v) is 4.82. The van der Waals surface area contributed by atoms with E-state index < -0.39 is 0 Å². The van der Waals surface area contributed by atoms with Crippen molar-refractivity contribution in [3.05, 3.63) is 49.4 Å². The van der Waals surface area contributed by atoms with Gasteiger partial charge in [-0.15, -0.1) is 11.3 Å². The number of hydrogen-bond acceptors (Lipinski definition) is 3. The van der Waals surface area contributed by atoms with Crippen molar-refractivity contribution in [3.8, 4) is 0 Å². The predicted molar refractivity (Wildman–Crippen MR) is 101 cm³/mol. The van der Waals surface area contributed by atoms with E-state index in [1.807, 2.05) is 12.1 Å². The maximum absolute atomic E-state index is 12.4. The number of benzene rings is 1. The molecule has 3 nitrogen and oxygen atoms in total. The molecule has 0 radical (unpaired) electrons. The minimum Gasteiger partial charge on any atom is -0.316 e. The third-order valence-electron chi connectivity index (χ3n) is 3.58. The van der Waals surface area contributed by atoms with Crippen molar-refractivity contribution in [2.24, 2.45) is 4.99 Å².